The third kappa shape index (κ3) is 8.21. The molecule has 1 amide bonds. The lowest BCUT2D eigenvalue weighted by Crippen LogP contribution is -2.45. The molecule has 5 heteroatoms. The average Bonchev–Trinajstić information content (AvgIpc) is 2.67. The van der Waals surface area contributed by atoms with E-state index in [4.69, 9.17) is 9.47 Å². The average molecular weight is 395 g/mol. The minimum Gasteiger partial charge on any atom is -0.467 e. The van der Waals surface area contributed by atoms with Crippen LogP contribution in [0.25, 0.3) is 6.08 Å². The maximum absolute atomic E-state index is 12.1. The monoisotopic (exact) mass is 395 g/mol. The zero-order chi connectivity index (χ0) is 21.3. The van der Waals surface area contributed by atoms with Crippen molar-refractivity contribution in [3.8, 4) is 0 Å². The molecule has 0 saturated carbocycles. The highest BCUT2D eigenvalue weighted by Crippen LogP contribution is 2.12. The molecule has 1 N–H and O–H groups in total. The molecule has 0 aliphatic rings. The minimum atomic E-state index is -0.807. The summed E-state index contributed by atoms with van der Waals surface area (Å²) in [6.45, 7) is 5.31. The Balaban J connectivity index is 1.96. The number of alkyl carbamates (subject to hydrolysis) is 1. The van der Waals surface area contributed by atoms with Gasteiger partial charge >= 0.3 is 12.1 Å². The molecule has 1 atom stereocenters. The van der Waals surface area contributed by atoms with Crippen LogP contribution in [0.2, 0.25) is 0 Å². The number of rotatable bonds is 7. The van der Waals surface area contributed by atoms with Gasteiger partial charge in [0.15, 0.2) is 0 Å². The molecule has 0 bridgehead atoms. The van der Waals surface area contributed by atoms with Crippen LogP contribution in [0.3, 0.4) is 0 Å². The number of benzene rings is 2. The summed E-state index contributed by atoms with van der Waals surface area (Å²) in [6, 6.07) is 17.3. The molecule has 0 aromatic heterocycles. The van der Waals surface area contributed by atoms with Gasteiger partial charge in [-0.1, -0.05) is 66.7 Å². The quantitative estimate of drug-likeness (QED) is 0.699. The van der Waals surface area contributed by atoms with Gasteiger partial charge in [0.1, 0.15) is 11.6 Å². The molecule has 2 aromatic rings. The fourth-order valence-corrected chi connectivity index (χ4v) is 2.73. The number of esters is 1. The molecule has 5 nitrogen and oxygen atoms in total. The van der Waals surface area contributed by atoms with E-state index in [0.29, 0.717) is 6.42 Å². The van der Waals surface area contributed by atoms with Gasteiger partial charge in [0.05, 0.1) is 7.11 Å². The highest BCUT2D eigenvalue weighted by Gasteiger charge is 2.25. The molecule has 29 heavy (non-hydrogen) atoms. The SMILES string of the molecule is COC(=O)[C@H](Cc1ccc(C/C=C/c2ccccc2)cc1)NC(=O)OC(C)(C)C. The summed E-state index contributed by atoms with van der Waals surface area (Å²) in [5, 5.41) is 2.59. The third-order valence-corrected chi connectivity index (χ3v) is 4.10. The molecule has 0 spiro atoms. The molecule has 0 radical (unpaired) electrons. The van der Waals surface area contributed by atoms with Crippen LogP contribution in [0.4, 0.5) is 4.79 Å². The van der Waals surface area contributed by atoms with Gasteiger partial charge < -0.3 is 14.8 Å². The minimum absolute atomic E-state index is 0.325. The van der Waals surface area contributed by atoms with Crippen molar-refractivity contribution >= 4 is 18.1 Å². The van der Waals surface area contributed by atoms with E-state index < -0.39 is 23.7 Å². The Hall–Kier alpha value is -3.08. The van der Waals surface area contributed by atoms with E-state index in [1.54, 1.807) is 20.8 Å². The first kappa shape index (κ1) is 22.2. The summed E-state index contributed by atoms with van der Waals surface area (Å²) in [5.41, 5.74) is 2.61. The Labute approximate surface area is 172 Å². The number of carbonyl (C=O) groups is 2. The standard InChI is InChI=1S/C24H29NO4/c1-24(2,3)29-23(27)25-21(22(26)28-4)17-20-15-13-19(14-16-20)12-8-11-18-9-6-5-7-10-18/h5-11,13-16,21H,12,17H2,1-4H3,(H,25,27)/b11-8+/t21-/m0/s1. The maximum Gasteiger partial charge on any atom is 0.408 e. The van der Waals surface area contributed by atoms with Crippen LogP contribution >= 0.6 is 0 Å². The number of nitrogens with one attached hydrogen (secondary N) is 1. The van der Waals surface area contributed by atoms with Gasteiger partial charge in [0.2, 0.25) is 0 Å². The number of hydrogen-bond acceptors (Lipinski definition) is 4. The highest BCUT2D eigenvalue weighted by molar-refractivity contribution is 5.81. The summed E-state index contributed by atoms with van der Waals surface area (Å²) in [6.07, 6.45) is 4.70. The van der Waals surface area contributed by atoms with E-state index in [1.165, 1.54) is 12.7 Å². The molecular weight excluding hydrogens is 366 g/mol. The largest absolute Gasteiger partial charge is 0.467 e. The predicted molar refractivity (Wildman–Crippen MR) is 114 cm³/mol. The Morgan fingerprint density at radius 2 is 1.62 bits per heavy atom. The molecule has 2 aromatic carbocycles. The number of amides is 1. The normalized spacial score (nSPS) is 12.4. The van der Waals surface area contributed by atoms with Gasteiger partial charge in [-0.2, -0.15) is 0 Å². The molecule has 2 rings (SSSR count). The van der Waals surface area contributed by atoms with Crippen LogP contribution in [0.5, 0.6) is 0 Å². The summed E-state index contributed by atoms with van der Waals surface area (Å²) in [4.78, 5) is 24.1. The van der Waals surface area contributed by atoms with Crippen molar-refractivity contribution in [3.63, 3.8) is 0 Å². The number of methoxy groups -OCH3 is 1. The molecule has 0 unspecified atom stereocenters. The van der Waals surface area contributed by atoms with Gasteiger partial charge in [-0.3, -0.25) is 0 Å². The summed E-state index contributed by atoms with van der Waals surface area (Å²) < 4.78 is 10.1. The summed E-state index contributed by atoms with van der Waals surface area (Å²) in [5.74, 6) is -0.509. The summed E-state index contributed by atoms with van der Waals surface area (Å²) >= 11 is 0. The molecule has 0 heterocycles. The van der Waals surface area contributed by atoms with Crippen molar-refractivity contribution in [2.45, 2.75) is 45.3 Å². The second-order valence-corrected chi connectivity index (χ2v) is 7.76. The van der Waals surface area contributed by atoms with Crippen LogP contribution in [-0.2, 0) is 27.1 Å². The van der Waals surface area contributed by atoms with E-state index in [1.807, 2.05) is 42.5 Å². The van der Waals surface area contributed by atoms with Gasteiger partial charge in [-0.15, -0.1) is 0 Å². The highest BCUT2D eigenvalue weighted by atomic mass is 16.6. The first-order valence-corrected chi connectivity index (χ1v) is 9.63. The second-order valence-electron chi connectivity index (χ2n) is 7.76. The number of hydrogen-bond donors (Lipinski definition) is 1. The Bertz CT molecular complexity index is 820. The van der Waals surface area contributed by atoms with Crippen LogP contribution in [-0.4, -0.2) is 30.8 Å². The molecule has 0 aliphatic carbocycles. The number of ether oxygens (including phenoxy) is 2. The molecular formula is C24H29NO4. The van der Waals surface area contributed by atoms with Gasteiger partial charge in [0.25, 0.3) is 0 Å². The Kier molecular flexibility index (Phi) is 8.01. The van der Waals surface area contributed by atoms with Crippen molar-refractivity contribution in [1.82, 2.24) is 5.32 Å². The molecule has 0 aliphatic heterocycles. The van der Waals surface area contributed by atoms with E-state index in [-0.39, 0.29) is 0 Å². The Morgan fingerprint density at radius 1 is 1.00 bits per heavy atom. The number of carbonyl (C=O) groups excluding carboxylic acids is 2. The zero-order valence-corrected chi connectivity index (χ0v) is 17.5. The third-order valence-electron chi connectivity index (χ3n) is 4.10. The van der Waals surface area contributed by atoms with Crippen molar-refractivity contribution in [1.29, 1.82) is 0 Å². The van der Waals surface area contributed by atoms with E-state index >= 15 is 0 Å². The van der Waals surface area contributed by atoms with Gasteiger partial charge in [0, 0.05) is 6.42 Å². The van der Waals surface area contributed by atoms with Crippen LogP contribution in [0, 0.1) is 0 Å². The van der Waals surface area contributed by atoms with E-state index in [9.17, 15) is 9.59 Å². The van der Waals surface area contributed by atoms with Crippen molar-refractivity contribution < 1.29 is 19.1 Å². The van der Waals surface area contributed by atoms with Crippen LogP contribution in [0.15, 0.2) is 60.7 Å². The molecule has 0 fully saturated rings. The van der Waals surface area contributed by atoms with Gasteiger partial charge in [-0.25, -0.2) is 9.59 Å². The van der Waals surface area contributed by atoms with E-state index in [0.717, 1.165) is 17.5 Å². The topological polar surface area (TPSA) is 64.6 Å². The lowest BCUT2D eigenvalue weighted by Gasteiger charge is -2.22. The van der Waals surface area contributed by atoms with Crippen LogP contribution < -0.4 is 5.32 Å². The molecule has 0 saturated heterocycles. The van der Waals surface area contributed by atoms with Crippen molar-refractivity contribution in [3.05, 3.63) is 77.4 Å². The first-order valence-electron chi connectivity index (χ1n) is 9.63. The second kappa shape index (κ2) is 10.5. The van der Waals surface area contributed by atoms with Crippen molar-refractivity contribution in [2.75, 3.05) is 7.11 Å². The molecule has 154 valence electrons. The summed E-state index contributed by atoms with van der Waals surface area (Å²) in [7, 11) is 1.30. The predicted octanol–water partition coefficient (Wildman–Crippen LogP) is 4.55. The van der Waals surface area contributed by atoms with E-state index in [2.05, 4.69) is 29.6 Å². The lowest BCUT2D eigenvalue weighted by atomic mass is 10.0. The maximum atomic E-state index is 12.1. The Morgan fingerprint density at radius 3 is 2.21 bits per heavy atom. The smallest absolute Gasteiger partial charge is 0.408 e. The van der Waals surface area contributed by atoms with Gasteiger partial charge in [-0.05, 0) is 43.9 Å². The fraction of sp³-hybridized carbons (Fsp3) is 0.333. The lowest BCUT2D eigenvalue weighted by molar-refractivity contribution is -0.143. The first-order chi connectivity index (χ1) is 13.8. The number of allylic oxidation sites excluding steroid dienone is 1. The zero-order valence-electron chi connectivity index (χ0n) is 17.5. The van der Waals surface area contributed by atoms with Crippen molar-refractivity contribution in [2.24, 2.45) is 0 Å². The van der Waals surface area contributed by atoms with Crippen LogP contribution in [0.1, 0.15) is 37.5 Å². The fourth-order valence-electron chi connectivity index (χ4n) is 2.73.